The third kappa shape index (κ3) is 3.44. The molecule has 2 heterocycles. The molecule has 1 aliphatic heterocycles. The molecule has 1 aliphatic rings. The van der Waals surface area contributed by atoms with E-state index in [1.165, 1.54) is 18.4 Å². The fourth-order valence-corrected chi connectivity index (χ4v) is 3.36. The van der Waals surface area contributed by atoms with Crippen LogP contribution >= 0.6 is 11.3 Å². The van der Waals surface area contributed by atoms with E-state index in [4.69, 9.17) is 4.74 Å². The highest BCUT2D eigenvalue weighted by atomic mass is 32.1. The van der Waals surface area contributed by atoms with Gasteiger partial charge in [0.15, 0.2) is 0 Å². The van der Waals surface area contributed by atoms with Crippen LogP contribution in [0.5, 0.6) is 0 Å². The van der Waals surface area contributed by atoms with Gasteiger partial charge < -0.3 is 15.4 Å². The Morgan fingerprint density at radius 1 is 1.48 bits per heavy atom. The molecule has 2 rings (SSSR count). The van der Waals surface area contributed by atoms with E-state index in [2.05, 4.69) is 10.6 Å². The van der Waals surface area contributed by atoms with Gasteiger partial charge in [0.05, 0.1) is 12.8 Å². The topological polar surface area (TPSA) is 67.4 Å². The molecule has 1 amide bonds. The maximum absolute atomic E-state index is 12.6. The van der Waals surface area contributed by atoms with Crippen molar-refractivity contribution in [3.8, 4) is 0 Å². The Kier molecular flexibility index (Phi) is 5.00. The highest BCUT2D eigenvalue weighted by molar-refractivity contribution is 7.12. The summed E-state index contributed by atoms with van der Waals surface area (Å²) in [7, 11) is 1.34. The van der Waals surface area contributed by atoms with Gasteiger partial charge >= 0.3 is 5.97 Å². The average molecular weight is 310 g/mol. The summed E-state index contributed by atoms with van der Waals surface area (Å²) in [5.41, 5.74) is 0.0524. The normalized spacial score (nSPS) is 19.1. The van der Waals surface area contributed by atoms with E-state index in [9.17, 15) is 9.59 Å². The zero-order chi connectivity index (χ0) is 15.5. The molecule has 0 bridgehead atoms. The van der Waals surface area contributed by atoms with Crippen LogP contribution in [0.4, 0.5) is 5.69 Å². The predicted octanol–water partition coefficient (Wildman–Crippen LogP) is 2.50. The predicted molar refractivity (Wildman–Crippen MR) is 83.7 cm³/mol. The van der Waals surface area contributed by atoms with Crippen molar-refractivity contribution in [2.24, 2.45) is 11.3 Å². The first kappa shape index (κ1) is 16.0. The SMILES string of the molecule is COC(=O)c1sccc1NC(=O)C(C)(C)C1CCCNC1. The lowest BCUT2D eigenvalue weighted by Gasteiger charge is -2.36. The minimum absolute atomic E-state index is 0.0558. The Hall–Kier alpha value is -1.40. The summed E-state index contributed by atoms with van der Waals surface area (Å²) in [6.07, 6.45) is 2.13. The van der Waals surface area contributed by atoms with Crippen molar-refractivity contribution in [3.05, 3.63) is 16.3 Å². The van der Waals surface area contributed by atoms with E-state index in [0.29, 0.717) is 16.5 Å². The number of ether oxygens (including phenoxy) is 1. The number of hydrogen-bond acceptors (Lipinski definition) is 5. The van der Waals surface area contributed by atoms with Crippen LogP contribution in [0.15, 0.2) is 11.4 Å². The van der Waals surface area contributed by atoms with E-state index >= 15 is 0 Å². The molecule has 5 nitrogen and oxygen atoms in total. The standard InChI is InChI=1S/C15H22N2O3S/c1-15(2,10-5-4-7-16-9-10)14(19)17-11-6-8-21-12(11)13(18)20-3/h6,8,10,16H,4-5,7,9H2,1-3H3,(H,17,19). The number of carbonyl (C=O) groups is 2. The Morgan fingerprint density at radius 2 is 2.24 bits per heavy atom. The first-order valence-corrected chi connectivity index (χ1v) is 8.02. The molecule has 1 atom stereocenters. The molecule has 1 saturated heterocycles. The average Bonchev–Trinajstić information content (AvgIpc) is 2.95. The number of thiophene rings is 1. The molecule has 0 aliphatic carbocycles. The van der Waals surface area contributed by atoms with Gasteiger partial charge in [0, 0.05) is 5.41 Å². The zero-order valence-electron chi connectivity index (χ0n) is 12.7. The van der Waals surface area contributed by atoms with Crippen molar-refractivity contribution in [3.63, 3.8) is 0 Å². The second-order valence-corrected chi connectivity index (χ2v) is 6.79. The maximum atomic E-state index is 12.6. The largest absolute Gasteiger partial charge is 0.465 e. The fourth-order valence-electron chi connectivity index (χ4n) is 2.60. The molecule has 116 valence electrons. The van der Waals surface area contributed by atoms with Gasteiger partial charge in [-0.2, -0.15) is 0 Å². The minimum Gasteiger partial charge on any atom is -0.465 e. The van der Waals surface area contributed by atoms with Crippen molar-refractivity contribution in [1.29, 1.82) is 0 Å². The van der Waals surface area contributed by atoms with Crippen LogP contribution in [0.2, 0.25) is 0 Å². The number of hydrogen-bond donors (Lipinski definition) is 2. The lowest BCUT2D eigenvalue weighted by Crippen LogP contribution is -2.44. The minimum atomic E-state index is -0.483. The van der Waals surface area contributed by atoms with Crippen molar-refractivity contribution >= 4 is 28.9 Å². The monoisotopic (exact) mass is 310 g/mol. The van der Waals surface area contributed by atoms with Crippen molar-refractivity contribution in [2.45, 2.75) is 26.7 Å². The first-order chi connectivity index (χ1) is 9.96. The number of nitrogens with one attached hydrogen (secondary N) is 2. The van der Waals surface area contributed by atoms with Gasteiger partial charge in [-0.1, -0.05) is 13.8 Å². The van der Waals surface area contributed by atoms with Gasteiger partial charge in [0.25, 0.3) is 0 Å². The molecule has 1 aromatic heterocycles. The number of carbonyl (C=O) groups excluding carboxylic acids is 2. The lowest BCUT2D eigenvalue weighted by molar-refractivity contribution is -0.127. The zero-order valence-corrected chi connectivity index (χ0v) is 13.5. The number of piperidine rings is 1. The van der Waals surface area contributed by atoms with Gasteiger partial charge in [-0.05, 0) is 43.3 Å². The van der Waals surface area contributed by atoms with Gasteiger partial charge in [0.2, 0.25) is 5.91 Å². The van der Waals surface area contributed by atoms with Crippen LogP contribution in [0.25, 0.3) is 0 Å². The van der Waals surface area contributed by atoms with Crippen LogP contribution in [0.3, 0.4) is 0 Å². The van der Waals surface area contributed by atoms with Gasteiger partial charge in [-0.25, -0.2) is 4.79 Å². The molecule has 0 spiro atoms. The van der Waals surface area contributed by atoms with Crippen LogP contribution in [-0.2, 0) is 9.53 Å². The van der Waals surface area contributed by atoms with Gasteiger partial charge in [-0.15, -0.1) is 11.3 Å². The Bertz CT molecular complexity index is 519. The van der Waals surface area contributed by atoms with E-state index in [1.807, 2.05) is 13.8 Å². The summed E-state index contributed by atoms with van der Waals surface area (Å²) in [5, 5.41) is 8.00. The number of methoxy groups -OCH3 is 1. The van der Waals surface area contributed by atoms with Crippen LogP contribution < -0.4 is 10.6 Å². The highest BCUT2D eigenvalue weighted by Gasteiger charge is 2.37. The number of esters is 1. The number of rotatable bonds is 4. The van der Waals surface area contributed by atoms with Crippen molar-refractivity contribution in [2.75, 3.05) is 25.5 Å². The van der Waals surface area contributed by atoms with Crippen molar-refractivity contribution in [1.82, 2.24) is 5.32 Å². The van der Waals surface area contributed by atoms with Gasteiger partial charge in [0.1, 0.15) is 4.88 Å². The highest BCUT2D eigenvalue weighted by Crippen LogP contribution is 2.34. The molecule has 0 saturated carbocycles. The third-order valence-electron chi connectivity index (χ3n) is 4.19. The number of amides is 1. The van der Waals surface area contributed by atoms with E-state index in [1.54, 1.807) is 11.4 Å². The van der Waals surface area contributed by atoms with Gasteiger partial charge in [-0.3, -0.25) is 4.79 Å². The second kappa shape index (κ2) is 6.58. The van der Waals surface area contributed by atoms with Crippen LogP contribution in [0, 0.1) is 11.3 Å². The maximum Gasteiger partial charge on any atom is 0.350 e. The smallest absolute Gasteiger partial charge is 0.350 e. The summed E-state index contributed by atoms with van der Waals surface area (Å²) in [4.78, 5) is 24.7. The quantitative estimate of drug-likeness (QED) is 0.839. The van der Waals surface area contributed by atoms with E-state index in [-0.39, 0.29) is 5.91 Å². The fraction of sp³-hybridized carbons (Fsp3) is 0.600. The molecule has 6 heteroatoms. The number of anilines is 1. The molecule has 1 aromatic rings. The summed E-state index contributed by atoms with van der Waals surface area (Å²) < 4.78 is 4.73. The van der Waals surface area contributed by atoms with E-state index in [0.717, 1.165) is 25.9 Å². The molecule has 0 aromatic carbocycles. The third-order valence-corrected chi connectivity index (χ3v) is 5.08. The lowest BCUT2D eigenvalue weighted by atomic mass is 9.74. The van der Waals surface area contributed by atoms with E-state index < -0.39 is 11.4 Å². The molecule has 21 heavy (non-hydrogen) atoms. The summed E-state index contributed by atoms with van der Waals surface area (Å²) >= 11 is 1.27. The first-order valence-electron chi connectivity index (χ1n) is 7.14. The van der Waals surface area contributed by atoms with Crippen LogP contribution in [-0.4, -0.2) is 32.1 Å². The molecule has 1 fully saturated rings. The molecule has 1 unspecified atom stereocenters. The van der Waals surface area contributed by atoms with Crippen molar-refractivity contribution < 1.29 is 14.3 Å². The molecular weight excluding hydrogens is 288 g/mol. The Balaban J connectivity index is 2.10. The Labute approximate surface area is 129 Å². The second-order valence-electron chi connectivity index (χ2n) is 5.87. The molecular formula is C15H22N2O3S. The Morgan fingerprint density at radius 3 is 2.86 bits per heavy atom. The summed E-state index contributed by atoms with van der Waals surface area (Å²) in [5.74, 6) is -0.177. The molecule has 2 N–H and O–H groups in total. The molecule has 0 radical (unpaired) electrons. The summed E-state index contributed by atoms with van der Waals surface area (Å²) in [6, 6.07) is 1.74. The van der Waals surface area contributed by atoms with Crippen LogP contribution in [0.1, 0.15) is 36.4 Å². The summed E-state index contributed by atoms with van der Waals surface area (Å²) in [6.45, 7) is 5.80.